The topological polar surface area (TPSA) is 25.5 Å². The van der Waals surface area contributed by atoms with Gasteiger partial charge in [-0.2, -0.15) is 0 Å². The van der Waals surface area contributed by atoms with Crippen LogP contribution in [0.5, 0.6) is 0 Å². The highest BCUT2D eigenvalue weighted by atomic mass is 15.6. The molecule has 2 aromatic rings. The quantitative estimate of drug-likeness (QED) is 0.937. The average Bonchev–Trinajstić information content (AvgIpc) is 3.06. The molecule has 0 atom stereocenters. The molecule has 2 fully saturated rings. The van der Waals surface area contributed by atoms with E-state index in [4.69, 9.17) is 0 Å². The molecular weight excluding hydrogens is 296 g/mol. The molecule has 0 bridgehead atoms. The fourth-order valence-electron chi connectivity index (χ4n) is 4.52. The summed E-state index contributed by atoms with van der Waals surface area (Å²) in [5.41, 5.74) is 2.80. The Hall–Kier alpha value is -1.36. The van der Waals surface area contributed by atoms with Gasteiger partial charge in [0.1, 0.15) is 0 Å². The maximum atomic E-state index is 3.45. The first-order valence-corrected chi connectivity index (χ1v) is 9.44. The van der Waals surface area contributed by atoms with Gasteiger partial charge < -0.3 is 9.88 Å². The van der Waals surface area contributed by atoms with E-state index in [1.165, 1.54) is 68.3 Å². The minimum absolute atomic E-state index is 0.697. The van der Waals surface area contributed by atoms with Crippen LogP contribution in [0, 0.1) is 0 Å². The highest BCUT2D eigenvalue weighted by Gasteiger charge is 2.29. The number of fused-ring (bicyclic) bond motifs is 1. The summed E-state index contributed by atoms with van der Waals surface area (Å²) in [7, 11) is 4.55. The monoisotopic (exact) mass is 326 g/mol. The summed E-state index contributed by atoms with van der Waals surface area (Å²) >= 11 is 0. The average molecular weight is 326 g/mol. The number of benzene rings is 1. The SMILES string of the molecule is CN1CCC(N(C)N2CCC(c3c[nH]c4ccccc34)CC2)CC1. The number of piperidine rings is 2. The highest BCUT2D eigenvalue weighted by molar-refractivity contribution is 5.83. The Morgan fingerprint density at radius 1 is 1.00 bits per heavy atom. The van der Waals surface area contributed by atoms with Crippen LogP contribution in [0.4, 0.5) is 0 Å². The van der Waals surface area contributed by atoms with Crippen molar-refractivity contribution in [2.24, 2.45) is 0 Å². The highest BCUT2D eigenvalue weighted by Crippen LogP contribution is 2.33. The summed E-state index contributed by atoms with van der Waals surface area (Å²) in [6.45, 7) is 4.85. The molecule has 0 radical (unpaired) electrons. The minimum Gasteiger partial charge on any atom is -0.361 e. The number of para-hydroxylation sites is 1. The van der Waals surface area contributed by atoms with E-state index in [0.29, 0.717) is 5.92 Å². The Morgan fingerprint density at radius 3 is 2.46 bits per heavy atom. The first kappa shape index (κ1) is 16.1. The van der Waals surface area contributed by atoms with Crippen molar-refractivity contribution in [3.63, 3.8) is 0 Å². The summed E-state index contributed by atoms with van der Waals surface area (Å²) in [6.07, 6.45) is 7.37. The van der Waals surface area contributed by atoms with Gasteiger partial charge in [0.2, 0.25) is 0 Å². The first-order valence-electron chi connectivity index (χ1n) is 9.44. The van der Waals surface area contributed by atoms with Crippen LogP contribution in [0.25, 0.3) is 10.9 Å². The van der Waals surface area contributed by atoms with E-state index in [1.54, 1.807) is 0 Å². The lowest BCUT2D eigenvalue weighted by molar-refractivity contribution is -0.0678. The molecule has 24 heavy (non-hydrogen) atoms. The number of nitrogens with zero attached hydrogens (tertiary/aromatic N) is 3. The number of aromatic amines is 1. The molecule has 4 rings (SSSR count). The molecule has 2 aliphatic heterocycles. The zero-order valence-electron chi connectivity index (χ0n) is 15.0. The van der Waals surface area contributed by atoms with Crippen molar-refractivity contribution in [3.8, 4) is 0 Å². The van der Waals surface area contributed by atoms with Crippen molar-refractivity contribution in [3.05, 3.63) is 36.0 Å². The fraction of sp³-hybridized carbons (Fsp3) is 0.600. The summed E-state index contributed by atoms with van der Waals surface area (Å²) in [5.74, 6) is 0.697. The maximum Gasteiger partial charge on any atom is 0.0456 e. The molecule has 0 aliphatic carbocycles. The molecule has 0 saturated carbocycles. The van der Waals surface area contributed by atoms with Gasteiger partial charge in [0.25, 0.3) is 0 Å². The van der Waals surface area contributed by atoms with Crippen molar-refractivity contribution in [2.75, 3.05) is 40.3 Å². The molecule has 1 aromatic heterocycles. The predicted octanol–water partition coefficient (Wildman–Crippen LogP) is 3.29. The van der Waals surface area contributed by atoms with Gasteiger partial charge in [-0.15, -0.1) is 0 Å². The zero-order valence-corrected chi connectivity index (χ0v) is 15.0. The molecule has 0 amide bonds. The zero-order chi connectivity index (χ0) is 16.5. The predicted molar refractivity (Wildman–Crippen MR) is 100 cm³/mol. The lowest BCUT2D eigenvalue weighted by Crippen LogP contribution is -2.52. The first-order chi connectivity index (χ1) is 11.7. The normalized spacial score (nSPS) is 22.6. The maximum absolute atomic E-state index is 3.45. The summed E-state index contributed by atoms with van der Waals surface area (Å²) < 4.78 is 0. The molecular formula is C20H30N4. The van der Waals surface area contributed by atoms with Crippen molar-refractivity contribution in [2.45, 2.75) is 37.6 Å². The summed E-state index contributed by atoms with van der Waals surface area (Å²) in [5, 5.41) is 6.57. The largest absolute Gasteiger partial charge is 0.361 e. The minimum atomic E-state index is 0.697. The number of aromatic nitrogens is 1. The van der Waals surface area contributed by atoms with Crippen LogP contribution >= 0.6 is 0 Å². The second kappa shape index (κ2) is 6.87. The summed E-state index contributed by atoms with van der Waals surface area (Å²) in [6, 6.07) is 9.44. The van der Waals surface area contributed by atoms with Gasteiger partial charge in [-0.3, -0.25) is 0 Å². The van der Waals surface area contributed by atoms with Crippen molar-refractivity contribution in [1.82, 2.24) is 19.9 Å². The van der Waals surface area contributed by atoms with Gasteiger partial charge in [0.15, 0.2) is 0 Å². The molecule has 130 valence electrons. The second-order valence-electron chi connectivity index (χ2n) is 7.63. The molecule has 4 nitrogen and oxygen atoms in total. The Bertz CT molecular complexity index is 663. The van der Waals surface area contributed by atoms with Crippen LogP contribution in [0.3, 0.4) is 0 Å². The Labute approximate surface area is 145 Å². The van der Waals surface area contributed by atoms with Crippen LogP contribution in [0.15, 0.2) is 30.5 Å². The molecule has 2 saturated heterocycles. The standard InChI is InChI=1S/C20H30N4/c1-22-11-9-17(10-12-22)23(2)24-13-7-16(8-14-24)19-15-21-20-6-4-3-5-18(19)20/h3-6,15-17,21H,7-14H2,1-2H3. The van der Waals surface area contributed by atoms with Gasteiger partial charge in [-0.25, -0.2) is 10.0 Å². The number of hydrazine groups is 1. The van der Waals surface area contributed by atoms with Crippen molar-refractivity contribution in [1.29, 1.82) is 0 Å². The van der Waals surface area contributed by atoms with Crippen molar-refractivity contribution < 1.29 is 0 Å². The van der Waals surface area contributed by atoms with Crippen LogP contribution in [0.2, 0.25) is 0 Å². The number of hydrogen-bond donors (Lipinski definition) is 1. The van der Waals surface area contributed by atoms with E-state index in [0.717, 1.165) is 6.04 Å². The smallest absolute Gasteiger partial charge is 0.0456 e. The molecule has 1 aromatic carbocycles. The van der Waals surface area contributed by atoms with Gasteiger partial charge in [0, 0.05) is 43.3 Å². The lowest BCUT2D eigenvalue weighted by atomic mass is 9.89. The van der Waals surface area contributed by atoms with E-state index < -0.39 is 0 Å². The van der Waals surface area contributed by atoms with Crippen LogP contribution in [0.1, 0.15) is 37.2 Å². The molecule has 4 heteroatoms. The lowest BCUT2D eigenvalue weighted by Gasteiger charge is -2.44. The second-order valence-corrected chi connectivity index (χ2v) is 7.63. The van der Waals surface area contributed by atoms with Gasteiger partial charge in [-0.05, 0) is 63.4 Å². The third-order valence-corrected chi connectivity index (χ3v) is 6.20. The van der Waals surface area contributed by atoms with E-state index in [9.17, 15) is 0 Å². The van der Waals surface area contributed by atoms with Gasteiger partial charge >= 0.3 is 0 Å². The summed E-state index contributed by atoms with van der Waals surface area (Å²) in [4.78, 5) is 5.90. The third kappa shape index (κ3) is 3.10. The number of H-pyrrole nitrogens is 1. The van der Waals surface area contributed by atoms with E-state index >= 15 is 0 Å². The number of likely N-dealkylation sites (tertiary alicyclic amines) is 1. The van der Waals surface area contributed by atoms with Gasteiger partial charge in [-0.1, -0.05) is 18.2 Å². The van der Waals surface area contributed by atoms with Crippen LogP contribution < -0.4 is 0 Å². The van der Waals surface area contributed by atoms with Crippen molar-refractivity contribution >= 4 is 10.9 Å². The van der Waals surface area contributed by atoms with E-state index in [2.05, 4.69) is 64.5 Å². The van der Waals surface area contributed by atoms with E-state index in [1.807, 2.05) is 0 Å². The Morgan fingerprint density at radius 2 is 1.71 bits per heavy atom. The molecule has 1 N–H and O–H groups in total. The molecule has 0 unspecified atom stereocenters. The van der Waals surface area contributed by atoms with Gasteiger partial charge in [0.05, 0.1) is 0 Å². The molecule has 0 spiro atoms. The Kier molecular flexibility index (Phi) is 4.61. The van der Waals surface area contributed by atoms with E-state index in [-0.39, 0.29) is 0 Å². The van der Waals surface area contributed by atoms with Crippen LogP contribution in [-0.2, 0) is 0 Å². The number of hydrogen-bond acceptors (Lipinski definition) is 3. The molecule has 3 heterocycles. The number of nitrogens with one attached hydrogen (secondary N) is 1. The Balaban J connectivity index is 1.38. The fourth-order valence-corrected chi connectivity index (χ4v) is 4.52. The number of rotatable bonds is 3. The van der Waals surface area contributed by atoms with Crippen LogP contribution in [-0.4, -0.2) is 66.2 Å². The third-order valence-electron chi connectivity index (χ3n) is 6.20. The molecule has 2 aliphatic rings.